The van der Waals surface area contributed by atoms with Crippen molar-refractivity contribution < 1.29 is 32.6 Å². The van der Waals surface area contributed by atoms with E-state index in [0.717, 1.165) is 4.68 Å². The summed E-state index contributed by atoms with van der Waals surface area (Å²) in [5, 5.41) is 12.2. The predicted molar refractivity (Wildman–Crippen MR) is 84.2 cm³/mol. The van der Waals surface area contributed by atoms with Gasteiger partial charge in [-0.15, -0.1) is 0 Å². The molecule has 14 heteroatoms. The SMILES string of the molecule is COc1cc(OC)nc(-c2c(C(=O)O)c(S(=O)(=O)NC(N)=O)nn2C)n1. The quantitative estimate of drug-likeness (QED) is 0.552. The second kappa shape index (κ2) is 6.83. The first-order valence-corrected chi connectivity index (χ1v) is 8.19. The van der Waals surface area contributed by atoms with Crippen LogP contribution < -0.4 is 19.9 Å². The number of carboxylic acid groups (broad SMARTS) is 1. The van der Waals surface area contributed by atoms with E-state index in [1.165, 1.54) is 32.1 Å². The maximum absolute atomic E-state index is 12.2. The highest BCUT2D eigenvalue weighted by molar-refractivity contribution is 7.90. The lowest BCUT2D eigenvalue weighted by Gasteiger charge is -2.07. The summed E-state index contributed by atoms with van der Waals surface area (Å²) in [5.74, 6) is -1.76. The summed E-state index contributed by atoms with van der Waals surface area (Å²) >= 11 is 0. The maximum Gasteiger partial charge on any atom is 0.341 e. The second-order valence-electron chi connectivity index (χ2n) is 4.70. The van der Waals surface area contributed by atoms with Crippen LogP contribution in [0.3, 0.4) is 0 Å². The number of carbonyl (C=O) groups is 2. The first-order chi connectivity index (χ1) is 12.1. The molecular weight excluding hydrogens is 372 g/mol. The van der Waals surface area contributed by atoms with Crippen LogP contribution in [0.5, 0.6) is 11.8 Å². The van der Waals surface area contributed by atoms with Crippen molar-refractivity contribution in [1.29, 1.82) is 0 Å². The Kier molecular flexibility index (Phi) is 4.97. The van der Waals surface area contributed by atoms with Crippen LogP contribution in [-0.4, -0.2) is 59.5 Å². The van der Waals surface area contributed by atoms with Crippen LogP contribution in [0, 0.1) is 0 Å². The van der Waals surface area contributed by atoms with E-state index < -0.39 is 32.6 Å². The predicted octanol–water partition coefficient (Wildman–Crippen LogP) is -1.05. The summed E-state index contributed by atoms with van der Waals surface area (Å²) in [6.07, 6.45) is 0. The number of hydrogen-bond acceptors (Lipinski definition) is 9. The van der Waals surface area contributed by atoms with Crippen molar-refractivity contribution in [2.45, 2.75) is 5.03 Å². The molecule has 2 rings (SSSR count). The average molecular weight is 386 g/mol. The standard InChI is InChI=1S/C12H14N6O7S/c1-18-8(9-14-5(24-2)4-6(15-9)25-3)7(11(19)20)10(16-18)26(22,23)17-12(13)21/h4H,1-3H3,(H,19,20)(H3,13,17,21). The first-order valence-electron chi connectivity index (χ1n) is 6.70. The van der Waals surface area contributed by atoms with E-state index in [4.69, 9.17) is 15.2 Å². The molecule has 4 N–H and O–H groups in total. The number of aromatic nitrogens is 4. The van der Waals surface area contributed by atoms with Gasteiger partial charge < -0.3 is 20.3 Å². The molecule has 2 aromatic heterocycles. The number of rotatable bonds is 6. The van der Waals surface area contributed by atoms with Crippen molar-refractivity contribution in [2.75, 3.05) is 14.2 Å². The number of nitrogens with two attached hydrogens (primary N) is 1. The molecule has 0 atom stereocenters. The number of hydrogen-bond donors (Lipinski definition) is 3. The number of carboxylic acids is 1. The van der Waals surface area contributed by atoms with E-state index in [9.17, 15) is 23.1 Å². The van der Waals surface area contributed by atoms with E-state index in [2.05, 4.69) is 15.1 Å². The third kappa shape index (κ3) is 3.49. The Morgan fingerprint density at radius 1 is 1.23 bits per heavy atom. The smallest absolute Gasteiger partial charge is 0.341 e. The summed E-state index contributed by atoms with van der Waals surface area (Å²) in [5.41, 5.74) is 3.80. The molecule has 0 aliphatic heterocycles. The van der Waals surface area contributed by atoms with Crippen molar-refractivity contribution in [3.8, 4) is 23.3 Å². The van der Waals surface area contributed by atoms with Crippen LogP contribution in [0.2, 0.25) is 0 Å². The van der Waals surface area contributed by atoms with Crippen LogP contribution in [0.1, 0.15) is 10.4 Å². The molecule has 0 saturated heterocycles. The Bertz CT molecular complexity index is 962. The highest BCUT2D eigenvalue weighted by Gasteiger charge is 2.34. The lowest BCUT2D eigenvalue weighted by Crippen LogP contribution is -2.35. The average Bonchev–Trinajstić information content (AvgIpc) is 2.91. The van der Waals surface area contributed by atoms with Gasteiger partial charge in [0.2, 0.25) is 16.8 Å². The molecule has 0 aliphatic carbocycles. The lowest BCUT2D eigenvalue weighted by atomic mass is 10.2. The Balaban J connectivity index is 2.80. The zero-order chi connectivity index (χ0) is 19.6. The molecule has 26 heavy (non-hydrogen) atoms. The van der Waals surface area contributed by atoms with Gasteiger partial charge in [-0.1, -0.05) is 0 Å². The van der Waals surface area contributed by atoms with Gasteiger partial charge in [0.25, 0.3) is 10.0 Å². The van der Waals surface area contributed by atoms with Gasteiger partial charge in [0, 0.05) is 7.05 Å². The molecule has 0 spiro atoms. The molecule has 140 valence electrons. The molecule has 13 nitrogen and oxygen atoms in total. The summed E-state index contributed by atoms with van der Waals surface area (Å²) in [7, 11) is -0.715. The highest BCUT2D eigenvalue weighted by atomic mass is 32.2. The van der Waals surface area contributed by atoms with E-state index in [1.807, 2.05) is 0 Å². The molecule has 2 amide bonds. The Morgan fingerprint density at radius 3 is 2.19 bits per heavy atom. The number of primary amides is 1. The molecule has 2 heterocycles. The third-order valence-corrected chi connectivity index (χ3v) is 4.29. The number of carbonyl (C=O) groups excluding carboxylic acids is 1. The minimum absolute atomic E-state index is 0.0454. The number of nitrogens with one attached hydrogen (secondary N) is 1. The summed E-state index contributed by atoms with van der Waals surface area (Å²) in [6.45, 7) is 0. The Hall–Kier alpha value is -3.42. The number of amides is 2. The van der Waals surface area contributed by atoms with Gasteiger partial charge in [0.05, 0.1) is 20.3 Å². The minimum Gasteiger partial charge on any atom is -0.481 e. The number of nitrogens with zero attached hydrogens (tertiary/aromatic N) is 4. The Morgan fingerprint density at radius 2 is 1.77 bits per heavy atom. The van der Waals surface area contributed by atoms with E-state index >= 15 is 0 Å². The van der Waals surface area contributed by atoms with Crippen LogP contribution >= 0.6 is 0 Å². The summed E-state index contributed by atoms with van der Waals surface area (Å²) in [6, 6.07) is -0.0556. The highest BCUT2D eigenvalue weighted by Crippen LogP contribution is 2.29. The molecule has 0 bridgehead atoms. The Labute approximate surface area is 146 Å². The molecule has 2 aromatic rings. The van der Waals surface area contributed by atoms with E-state index in [0.29, 0.717) is 0 Å². The van der Waals surface area contributed by atoms with Gasteiger partial charge in [-0.05, 0) is 0 Å². The van der Waals surface area contributed by atoms with Crippen molar-refractivity contribution in [3.63, 3.8) is 0 Å². The molecule has 0 unspecified atom stereocenters. The monoisotopic (exact) mass is 386 g/mol. The van der Waals surface area contributed by atoms with Crippen LogP contribution in [-0.2, 0) is 17.1 Å². The molecule has 0 saturated carbocycles. The number of sulfonamides is 1. The number of aromatic carboxylic acids is 1. The summed E-state index contributed by atoms with van der Waals surface area (Å²) in [4.78, 5) is 30.6. The number of ether oxygens (including phenoxy) is 2. The van der Waals surface area contributed by atoms with Crippen molar-refractivity contribution in [2.24, 2.45) is 12.8 Å². The van der Waals surface area contributed by atoms with Gasteiger partial charge in [-0.3, -0.25) is 4.68 Å². The molecular formula is C12H14N6O7S. The first kappa shape index (κ1) is 18.9. The minimum atomic E-state index is -4.63. The molecule has 0 radical (unpaired) electrons. The van der Waals surface area contributed by atoms with E-state index in [1.54, 1.807) is 0 Å². The van der Waals surface area contributed by atoms with Crippen molar-refractivity contribution in [3.05, 3.63) is 11.6 Å². The normalized spacial score (nSPS) is 11.0. The van der Waals surface area contributed by atoms with E-state index in [-0.39, 0.29) is 23.3 Å². The molecule has 0 fully saturated rings. The zero-order valence-electron chi connectivity index (χ0n) is 13.7. The van der Waals surface area contributed by atoms with Crippen LogP contribution in [0.15, 0.2) is 11.1 Å². The van der Waals surface area contributed by atoms with Gasteiger partial charge in [0.1, 0.15) is 11.3 Å². The number of aryl methyl sites for hydroxylation is 1. The van der Waals surface area contributed by atoms with Crippen molar-refractivity contribution in [1.82, 2.24) is 24.5 Å². The van der Waals surface area contributed by atoms with Gasteiger partial charge in [-0.25, -0.2) is 14.3 Å². The fourth-order valence-corrected chi connectivity index (χ4v) is 3.08. The number of methoxy groups -OCH3 is 2. The van der Waals surface area contributed by atoms with Gasteiger partial charge in [0.15, 0.2) is 5.82 Å². The largest absolute Gasteiger partial charge is 0.481 e. The van der Waals surface area contributed by atoms with Crippen LogP contribution in [0.25, 0.3) is 11.5 Å². The fraction of sp³-hybridized carbons (Fsp3) is 0.250. The molecule has 0 aliphatic rings. The van der Waals surface area contributed by atoms with Crippen molar-refractivity contribution >= 4 is 22.0 Å². The second-order valence-corrected chi connectivity index (χ2v) is 6.30. The van der Waals surface area contributed by atoms with Gasteiger partial charge >= 0.3 is 12.0 Å². The zero-order valence-corrected chi connectivity index (χ0v) is 14.6. The maximum atomic E-state index is 12.2. The molecule has 0 aromatic carbocycles. The van der Waals surface area contributed by atoms with Gasteiger partial charge in [-0.2, -0.15) is 23.5 Å². The third-order valence-electron chi connectivity index (χ3n) is 3.03. The van der Waals surface area contributed by atoms with Crippen LogP contribution in [0.4, 0.5) is 4.79 Å². The number of urea groups is 1. The topological polar surface area (TPSA) is 189 Å². The summed E-state index contributed by atoms with van der Waals surface area (Å²) < 4.78 is 36.7. The lowest BCUT2D eigenvalue weighted by molar-refractivity contribution is 0.0693. The fourth-order valence-electron chi connectivity index (χ4n) is 2.04.